The van der Waals surface area contributed by atoms with E-state index in [1.165, 1.54) is 6.07 Å². The van der Waals surface area contributed by atoms with E-state index in [1.54, 1.807) is 19.1 Å². The Morgan fingerprint density at radius 3 is 2.81 bits per heavy atom. The minimum absolute atomic E-state index is 0.0539. The number of benzene rings is 1. The quantitative estimate of drug-likeness (QED) is 0.796. The number of hydrogen-bond acceptors (Lipinski definition) is 2. The van der Waals surface area contributed by atoms with Gasteiger partial charge in [0.1, 0.15) is 5.75 Å². The molecule has 1 aromatic rings. The summed E-state index contributed by atoms with van der Waals surface area (Å²) in [5.74, 6) is 0.564. The standard InChI is InChI=1S/C12H16ClNO2/c1-8-7-10(15)3-4-11(8)12(16)14-9(2)5-6-13/h3-4,7,9,15H,5-6H2,1-2H3,(H,14,16). The molecule has 0 bridgehead atoms. The molecule has 0 aromatic heterocycles. The Balaban J connectivity index is 2.73. The van der Waals surface area contributed by atoms with Gasteiger partial charge in [-0.25, -0.2) is 0 Å². The SMILES string of the molecule is Cc1cc(O)ccc1C(=O)NC(C)CCCl. The van der Waals surface area contributed by atoms with Crippen molar-refractivity contribution in [1.82, 2.24) is 5.32 Å². The summed E-state index contributed by atoms with van der Waals surface area (Å²) < 4.78 is 0. The van der Waals surface area contributed by atoms with Gasteiger partial charge in [0.05, 0.1) is 0 Å². The first-order valence-electron chi connectivity index (χ1n) is 5.21. The Kier molecular flexibility index (Phi) is 4.62. The van der Waals surface area contributed by atoms with Crippen molar-refractivity contribution in [2.75, 3.05) is 5.88 Å². The number of carbonyl (C=O) groups excluding carboxylic acids is 1. The Labute approximate surface area is 100 Å². The zero-order chi connectivity index (χ0) is 12.1. The molecule has 0 saturated heterocycles. The van der Waals surface area contributed by atoms with Crippen molar-refractivity contribution in [3.63, 3.8) is 0 Å². The van der Waals surface area contributed by atoms with Gasteiger partial charge in [-0.15, -0.1) is 11.6 Å². The molecule has 88 valence electrons. The molecule has 0 aliphatic rings. The summed E-state index contributed by atoms with van der Waals surface area (Å²) in [6, 6.07) is 4.75. The van der Waals surface area contributed by atoms with E-state index < -0.39 is 0 Å². The number of aromatic hydroxyl groups is 1. The number of nitrogens with one attached hydrogen (secondary N) is 1. The fourth-order valence-electron chi connectivity index (χ4n) is 1.44. The fourth-order valence-corrected chi connectivity index (χ4v) is 1.77. The summed E-state index contributed by atoms with van der Waals surface area (Å²) in [5.41, 5.74) is 1.34. The molecule has 1 aromatic carbocycles. The van der Waals surface area contributed by atoms with Gasteiger partial charge in [0.15, 0.2) is 0 Å². The maximum absolute atomic E-state index is 11.8. The second kappa shape index (κ2) is 5.75. The second-order valence-corrected chi connectivity index (χ2v) is 4.23. The van der Waals surface area contributed by atoms with Crippen LogP contribution in [0.1, 0.15) is 29.3 Å². The van der Waals surface area contributed by atoms with Crippen LogP contribution in [0.2, 0.25) is 0 Å². The lowest BCUT2D eigenvalue weighted by Crippen LogP contribution is -2.33. The molecule has 0 radical (unpaired) electrons. The van der Waals surface area contributed by atoms with E-state index in [-0.39, 0.29) is 17.7 Å². The van der Waals surface area contributed by atoms with Gasteiger partial charge in [-0.2, -0.15) is 0 Å². The van der Waals surface area contributed by atoms with Crippen molar-refractivity contribution in [1.29, 1.82) is 0 Å². The van der Waals surface area contributed by atoms with Crippen molar-refractivity contribution in [2.24, 2.45) is 0 Å². The van der Waals surface area contributed by atoms with Crippen LogP contribution in [0.15, 0.2) is 18.2 Å². The highest BCUT2D eigenvalue weighted by molar-refractivity contribution is 6.17. The highest BCUT2D eigenvalue weighted by atomic mass is 35.5. The molecule has 16 heavy (non-hydrogen) atoms. The molecule has 1 unspecified atom stereocenters. The molecule has 0 aliphatic carbocycles. The molecule has 4 heteroatoms. The topological polar surface area (TPSA) is 49.3 Å². The van der Waals surface area contributed by atoms with Crippen LogP contribution >= 0.6 is 11.6 Å². The van der Waals surface area contributed by atoms with Crippen LogP contribution in [-0.4, -0.2) is 22.9 Å². The Bertz CT molecular complexity index is 379. The second-order valence-electron chi connectivity index (χ2n) is 3.85. The van der Waals surface area contributed by atoms with Gasteiger partial charge < -0.3 is 10.4 Å². The molecule has 0 fully saturated rings. The lowest BCUT2D eigenvalue weighted by Gasteiger charge is -2.13. The van der Waals surface area contributed by atoms with Gasteiger partial charge in [0, 0.05) is 17.5 Å². The lowest BCUT2D eigenvalue weighted by atomic mass is 10.1. The average Bonchev–Trinajstić information content (AvgIpc) is 2.17. The number of phenolic OH excluding ortho intramolecular Hbond substituents is 1. The first-order valence-corrected chi connectivity index (χ1v) is 5.74. The van der Waals surface area contributed by atoms with E-state index in [2.05, 4.69) is 5.32 Å². The van der Waals surface area contributed by atoms with E-state index >= 15 is 0 Å². The van der Waals surface area contributed by atoms with Crippen LogP contribution in [0.3, 0.4) is 0 Å². The maximum atomic E-state index is 11.8. The average molecular weight is 242 g/mol. The van der Waals surface area contributed by atoms with Crippen LogP contribution in [0, 0.1) is 6.92 Å². The van der Waals surface area contributed by atoms with E-state index in [1.807, 2.05) is 6.92 Å². The van der Waals surface area contributed by atoms with Gasteiger partial charge in [-0.1, -0.05) is 0 Å². The Morgan fingerprint density at radius 2 is 2.25 bits per heavy atom. The zero-order valence-electron chi connectivity index (χ0n) is 9.46. The molecule has 0 aliphatic heterocycles. The molecular weight excluding hydrogens is 226 g/mol. The largest absolute Gasteiger partial charge is 0.508 e. The first-order chi connectivity index (χ1) is 7.54. The minimum Gasteiger partial charge on any atom is -0.508 e. The Morgan fingerprint density at radius 1 is 1.56 bits per heavy atom. The van der Waals surface area contributed by atoms with Gasteiger partial charge in [-0.05, 0) is 44.0 Å². The molecular formula is C12H16ClNO2. The molecule has 2 N–H and O–H groups in total. The van der Waals surface area contributed by atoms with Crippen molar-refractivity contribution < 1.29 is 9.90 Å². The number of alkyl halides is 1. The molecule has 0 heterocycles. The molecule has 1 rings (SSSR count). The van der Waals surface area contributed by atoms with E-state index in [9.17, 15) is 9.90 Å². The van der Waals surface area contributed by atoms with Crippen LogP contribution in [0.5, 0.6) is 5.75 Å². The number of hydrogen-bond donors (Lipinski definition) is 2. The van der Waals surface area contributed by atoms with Gasteiger partial charge in [0.2, 0.25) is 0 Å². The van der Waals surface area contributed by atoms with Crippen molar-refractivity contribution in [2.45, 2.75) is 26.3 Å². The third-order valence-electron chi connectivity index (χ3n) is 2.37. The Hall–Kier alpha value is -1.22. The molecule has 0 saturated carbocycles. The van der Waals surface area contributed by atoms with Crippen LogP contribution in [-0.2, 0) is 0 Å². The third kappa shape index (κ3) is 3.42. The predicted molar refractivity (Wildman–Crippen MR) is 65.1 cm³/mol. The number of phenols is 1. The molecule has 0 spiro atoms. The maximum Gasteiger partial charge on any atom is 0.251 e. The van der Waals surface area contributed by atoms with E-state index in [0.717, 1.165) is 12.0 Å². The smallest absolute Gasteiger partial charge is 0.251 e. The van der Waals surface area contributed by atoms with E-state index in [0.29, 0.717) is 11.4 Å². The zero-order valence-corrected chi connectivity index (χ0v) is 10.2. The van der Waals surface area contributed by atoms with Crippen molar-refractivity contribution >= 4 is 17.5 Å². The monoisotopic (exact) mass is 241 g/mol. The van der Waals surface area contributed by atoms with Gasteiger partial charge in [-0.3, -0.25) is 4.79 Å². The number of halogens is 1. The van der Waals surface area contributed by atoms with Crippen molar-refractivity contribution in [3.8, 4) is 5.75 Å². The van der Waals surface area contributed by atoms with Gasteiger partial charge >= 0.3 is 0 Å². The number of amides is 1. The molecule has 3 nitrogen and oxygen atoms in total. The fraction of sp³-hybridized carbons (Fsp3) is 0.417. The van der Waals surface area contributed by atoms with Crippen molar-refractivity contribution in [3.05, 3.63) is 29.3 Å². The van der Waals surface area contributed by atoms with E-state index in [4.69, 9.17) is 11.6 Å². The first kappa shape index (κ1) is 12.8. The summed E-state index contributed by atoms with van der Waals surface area (Å²) in [5, 5.41) is 12.1. The summed E-state index contributed by atoms with van der Waals surface area (Å²) >= 11 is 5.59. The number of carbonyl (C=O) groups is 1. The van der Waals surface area contributed by atoms with Crippen LogP contribution < -0.4 is 5.32 Å². The molecule has 1 amide bonds. The summed E-state index contributed by atoms with van der Waals surface area (Å²) in [4.78, 5) is 11.8. The summed E-state index contributed by atoms with van der Waals surface area (Å²) in [7, 11) is 0. The van der Waals surface area contributed by atoms with Crippen LogP contribution in [0.4, 0.5) is 0 Å². The predicted octanol–water partition coefficient (Wildman–Crippen LogP) is 2.45. The lowest BCUT2D eigenvalue weighted by molar-refractivity contribution is 0.0939. The third-order valence-corrected chi connectivity index (χ3v) is 2.59. The highest BCUT2D eigenvalue weighted by Crippen LogP contribution is 2.15. The normalized spacial score (nSPS) is 12.2. The minimum atomic E-state index is -0.130. The number of aryl methyl sites for hydroxylation is 1. The highest BCUT2D eigenvalue weighted by Gasteiger charge is 2.11. The van der Waals surface area contributed by atoms with Gasteiger partial charge in [0.25, 0.3) is 5.91 Å². The summed E-state index contributed by atoms with van der Waals surface area (Å²) in [6.07, 6.45) is 0.741. The number of rotatable bonds is 4. The van der Waals surface area contributed by atoms with Crippen LogP contribution in [0.25, 0.3) is 0 Å². The summed E-state index contributed by atoms with van der Waals surface area (Å²) in [6.45, 7) is 3.71. The molecule has 1 atom stereocenters.